The molecule has 0 amide bonds. The molecule has 2 N–H and O–H groups in total. The van der Waals surface area contributed by atoms with Crippen LogP contribution in [0.15, 0.2) is 18.2 Å². The van der Waals surface area contributed by atoms with Gasteiger partial charge in [0.15, 0.2) is 11.5 Å². The zero-order chi connectivity index (χ0) is 12.1. The van der Waals surface area contributed by atoms with Crippen molar-refractivity contribution < 1.29 is 9.84 Å². The molecule has 1 aromatic rings. The Balaban J connectivity index is 1.83. The van der Waals surface area contributed by atoms with Crippen molar-refractivity contribution in [3.8, 4) is 11.5 Å². The molecular weight excluding hydrogens is 214 g/mol. The van der Waals surface area contributed by atoms with Crippen molar-refractivity contribution >= 4 is 0 Å². The highest BCUT2D eigenvalue weighted by Gasteiger charge is 2.20. The molecule has 1 aliphatic rings. The molecule has 0 radical (unpaired) electrons. The van der Waals surface area contributed by atoms with E-state index in [2.05, 4.69) is 5.32 Å². The first-order valence-corrected chi connectivity index (χ1v) is 6.45. The monoisotopic (exact) mass is 235 g/mol. The van der Waals surface area contributed by atoms with Gasteiger partial charge in [-0.3, -0.25) is 0 Å². The number of hydrogen-bond acceptors (Lipinski definition) is 3. The van der Waals surface area contributed by atoms with Crippen LogP contribution in [0.5, 0.6) is 11.5 Å². The number of rotatable bonds is 7. The van der Waals surface area contributed by atoms with Crippen molar-refractivity contribution in [2.75, 3.05) is 13.2 Å². The molecule has 17 heavy (non-hydrogen) atoms. The van der Waals surface area contributed by atoms with Crippen molar-refractivity contribution in [2.45, 2.75) is 32.7 Å². The van der Waals surface area contributed by atoms with Gasteiger partial charge in [-0.15, -0.1) is 0 Å². The Morgan fingerprint density at radius 3 is 2.94 bits per heavy atom. The molecule has 1 saturated carbocycles. The fraction of sp³-hybridized carbons (Fsp3) is 0.571. The summed E-state index contributed by atoms with van der Waals surface area (Å²) in [7, 11) is 0. The van der Waals surface area contributed by atoms with E-state index >= 15 is 0 Å². The molecule has 1 fully saturated rings. The van der Waals surface area contributed by atoms with E-state index in [1.807, 2.05) is 19.1 Å². The fourth-order valence-corrected chi connectivity index (χ4v) is 1.92. The lowest BCUT2D eigenvalue weighted by Crippen LogP contribution is -2.15. The van der Waals surface area contributed by atoms with E-state index in [9.17, 15) is 5.11 Å². The Hall–Kier alpha value is -1.22. The van der Waals surface area contributed by atoms with Gasteiger partial charge in [-0.2, -0.15) is 0 Å². The van der Waals surface area contributed by atoms with Gasteiger partial charge in [-0.25, -0.2) is 0 Å². The van der Waals surface area contributed by atoms with Crippen LogP contribution in [0.2, 0.25) is 0 Å². The SMILES string of the molecule is CCOc1cccc(CNCCC2CC2)c1O. The molecule has 0 atom stereocenters. The van der Waals surface area contributed by atoms with Crippen LogP contribution in [0.4, 0.5) is 0 Å². The maximum Gasteiger partial charge on any atom is 0.162 e. The first-order chi connectivity index (χ1) is 8.31. The summed E-state index contributed by atoms with van der Waals surface area (Å²) in [6, 6.07) is 5.65. The molecule has 1 aromatic carbocycles. The predicted octanol–water partition coefficient (Wildman–Crippen LogP) is 2.68. The van der Waals surface area contributed by atoms with Gasteiger partial charge in [-0.1, -0.05) is 25.0 Å². The highest BCUT2D eigenvalue weighted by atomic mass is 16.5. The van der Waals surface area contributed by atoms with Gasteiger partial charge < -0.3 is 15.2 Å². The van der Waals surface area contributed by atoms with E-state index in [4.69, 9.17) is 4.74 Å². The van der Waals surface area contributed by atoms with E-state index in [-0.39, 0.29) is 5.75 Å². The molecule has 0 aliphatic heterocycles. The quantitative estimate of drug-likeness (QED) is 0.714. The Bertz CT molecular complexity index is 361. The van der Waals surface area contributed by atoms with Crippen LogP contribution in [0, 0.1) is 5.92 Å². The number of phenols is 1. The smallest absolute Gasteiger partial charge is 0.162 e. The predicted molar refractivity (Wildman–Crippen MR) is 68.3 cm³/mol. The molecule has 0 spiro atoms. The lowest BCUT2D eigenvalue weighted by Gasteiger charge is -2.10. The average molecular weight is 235 g/mol. The Labute approximate surface area is 103 Å². The topological polar surface area (TPSA) is 41.5 Å². The Morgan fingerprint density at radius 1 is 1.41 bits per heavy atom. The van der Waals surface area contributed by atoms with E-state index in [1.165, 1.54) is 19.3 Å². The van der Waals surface area contributed by atoms with E-state index < -0.39 is 0 Å². The number of aromatic hydroxyl groups is 1. The van der Waals surface area contributed by atoms with Crippen LogP contribution in [-0.2, 0) is 6.54 Å². The normalized spacial score (nSPS) is 14.9. The summed E-state index contributed by atoms with van der Waals surface area (Å²) in [6.45, 7) is 4.23. The molecule has 1 aliphatic carbocycles. The molecule has 3 heteroatoms. The summed E-state index contributed by atoms with van der Waals surface area (Å²) >= 11 is 0. The molecule has 0 unspecified atom stereocenters. The molecule has 0 aromatic heterocycles. The molecule has 0 bridgehead atoms. The summed E-state index contributed by atoms with van der Waals surface area (Å²) in [5, 5.41) is 13.3. The zero-order valence-electron chi connectivity index (χ0n) is 10.4. The van der Waals surface area contributed by atoms with Gasteiger partial charge in [0.05, 0.1) is 6.61 Å². The molecule has 0 saturated heterocycles. The molecular formula is C14H21NO2. The van der Waals surface area contributed by atoms with Crippen LogP contribution >= 0.6 is 0 Å². The number of hydrogen-bond donors (Lipinski definition) is 2. The van der Waals surface area contributed by atoms with E-state index in [0.29, 0.717) is 18.9 Å². The zero-order valence-corrected chi connectivity index (χ0v) is 10.4. The molecule has 94 valence electrons. The lowest BCUT2D eigenvalue weighted by molar-refractivity contribution is 0.316. The van der Waals surface area contributed by atoms with Gasteiger partial charge in [-0.05, 0) is 31.9 Å². The second kappa shape index (κ2) is 5.92. The average Bonchev–Trinajstić information content (AvgIpc) is 3.13. The van der Waals surface area contributed by atoms with Gasteiger partial charge >= 0.3 is 0 Å². The maximum atomic E-state index is 9.98. The van der Waals surface area contributed by atoms with E-state index in [1.54, 1.807) is 6.07 Å². The van der Waals surface area contributed by atoms with Crippen molar-refractivity contribution in [3.63, 3.8) is 0 Å². The lowest BCUT2D eigenvalue weighted by atomic mass is 10.2. The fourth-order valence-electron chi connectivity index (χ4n) is 1.92. The third kappa shape index (κ3) is 3.63. The third-order valence-corrected chi connectivity index (χ3v) is 3.12. The van der Waals surface area contributed by atoms with Gasteiger partial charge in [0.2, 0.25) is 0 Å². The number of benzene rings is 1. The van der Waals surface area contributed by atoms with Crippen molar-refractivity contribution in [1.82, 2.24) is 5.32 Å². The minimum atomic E-state index is 0.272. The van der Waals surface area contributed by atoms with Gasteiger partial charge in [0, 0.05) is 12.1 Å². The van der Waals surface area contributed by atoms with Crippen molar-refractivity contribution in [3.05, 3.63) is 23.8 Å². The largest absolute Gasteiger partial charge is 0.504 e. The standard InChI is InChI=1S/C14H21NO2/c1-2-17-13-5-3-4-12(14(13)16)10-15-9-8-11-6-7-11/h3-5,11,15-16H,2,6-10H2,1H3. The van der Waals surface area contributed by atoms with Crippen LogP contribution < -0.4 is 10.1 Å². The van der Waals surface area contributed by atoms with Crippen molar-refractivity contribution in [1.29, 1.82) is 0 Å². The third-order valence-electron chi connectivity index (χ3n) is 3.12. The van der Waals surface area contributed by atoms with Crippen LogP contribution in [0.25, 0.3) is 0 Å². The second-order valence-corrected chi connectivity index (χ2v) is 4.61. The minimum absolute atomic E-state index is 0.272. The van der Waals surface area contributed by atoms with Crippen molar-refractivity contribution in [2.24, 2.45) is 5.92 Å². The number of nitrogens with one attached hydrogen (secondary N) is 1. The minimum Gasteiger partial charge on any atom is -0.504 e. The maximum absolute atomic E-state index is 9.98. The van der Waals surface area contributed by atoms with Crippen LogP contribution in [0.3, 0.4) is 0 Å². The molecule has 0 heterocycles. The van der Waals surface area contributed by atoms with E-state index in [0.717, 1.165) is 18.0 Å². The molecule has 3 nitrogen and oxygen atoms in total. The first-order valence-electron chi connectivity index (χ1n) is 6.45. The van der Waals surface area contributed by atoms with Crippen LogP contribution in [0.1, 0.15) is 31.7 Å². The highest BCUT2D eigenvalue weighted by Crippen LogP contribution is 2.32. The summed E-state index contributed by atoms with van der Waals surface area (Å²) in [5.74, 6) is 1.80. The summed E-state index contributed by atoms with van der Waals surface area (Å²) in [5.41, 5.74) is 0.909. The number of ether oxygens (including phenoxy) is 1. The Morgan fingerprint density at radius 2 is 2.24 bits per heavy atom. The Kier molecular flexibility index (Phi) is 4.26. The number of para-hydroxylation sites is 1. The first kappa shape index (κ1) is 12.2. The number of phenolic OH excluding ortho intramolecular Hbond substituents is 1. The summed E-state index contributed by atoms with van der Waals surface area (Å²) in [6.07, 6.45) is 4.05. The second-order valence-electron chi connectivity index (χ2n) is 4.61. The van der Waals surface area contributed by atoms with Crippen LogP contribution in [-0.4, -0.2) is 18.3 Å². The van der Waals surface area contributed by atoms with Gasteiger partial charge in [0.25, 0.3) is 0 Å². The highest BCUT2D eigenvalue weighted by molar-refractivity contribution is 5.45. The summed E-state index contributed by atoms with van der Waals surface area (Å²) < 4.78 is 5.35. The van der Waals surface area contributed by atoms with Gasteiger partial charge in [0.1, 0.15) is 0 Å². The summed E-state index contributed by atoms with van der Waals surface area (Å²) in [4.78, 5) is 0. The molecule has 2 rings (SSSR count).